The first-order valence-electron chi connectivity index (χ1n) is 30.9. The molecule has 422 valence electrons. The fourth-order valence-electron chi connectivity index (χ4n) is 8.36. The number of rotatable bonds is 55. The van der Waals surface area contributed by atoms with Crippen molar-refractivity contribution < 1.29 is 28.6 Å². The van der Waals surface area contributed by atoms with Gasteiger partial charge < -0.3 is 14.2 Å². The molecular weight excluding hydrogens is 913 g/mol. The summed E-state index contributed by atoms with van der Waals surface area (Å²) in [5.74, 6) is -0.911. The van der Waals surface area contributed by atoms with E-state index in [1.165, 1.54) is 103 Å². The molecule has 0 rings (SSSR count). The predicted molar refractivity (Wildman–Crippen MR) is 320 cm³/mol. The maximum atomic E-state index is 12.8. The molecule has 1 unspecified atom stereocenters. The van der Waals surface area contributed by atoms with Crippen LogP contribution in [-0.2, 0) is 28.6 Å². The van der Waals surface area contributed by atoms with Gasteiger partial charge >= 0.3 is 17.9 Å². The SMILES string of the molecule is CC/C=C\C/C=C\C/C=C\C/C=C\C/C=C\C/C=C\CCCCCCCCCCCCCCC(=O)OCC(COC(=O)CCCCCCC/C=C\CCC)OC(=O)CCCCCCC/C=C\C/C=C\CCCCC. The topological polar surface area (TPSA) is 78.9 Å². The van der Waals surface area contributed by atoms with E-state index >= 15 is 0 Å². The summed E-state index contributed by atoms with van der Waals surface area (Å²) >= 11 is 0. The number of esters is 3. The summed E-state index contributed by atoms with van der Waals surface area (Å²) in [6.07, 6.45) is 83.9. The fraction of sp³-hybridized carbons (Fsp3) is 0.691. The van der Waals surface area contributed by atoms with Crippen LogP contribution in [0.1, 0.15) is 284 Å². The molecule has 0 fully saturated rings. The van der Waals surface area contributed by atoms with Crippen molar-refractivity contribution in [2.24, 2.45) is 0 Å². The Kier molecular flexibility index (Phi) is 58.3. The van der Waals surface area contributed by atoms with Crippen LogP contribution in [0.5, 0.6) is 0 Å². The van der Waals surface area contributed by atoms with E-state index in [0.29, 0.717) is 19.3 Å². The Morgan fingerprint density at radius 1 is 0.284 bits per heavy atom. The molecule has 6 nitrogen and oxygen atoms in total. The zero-order valence-corrected chi connectivity index (χ0v) is 48.3. The van der Waals surface area contributed by atoms with Crippen molar-refractivity contribution in [3.8, 4) is 0 Å². The van der Waals surface area contributed by atoms with Gasteiger partial charge in [0.15, 0.2) is 6.10 Å². The lowest BCUT2D eigenvalue weighted by atomic mass is 10.0. The van der Waals surface area contributed by atoms with Gasteiger partial charge in [-0.05, 0) is 122 Å². The summed E-state index contributed by atoms with van der Waals surface area (Å²) < 4.78 is 16.8. The molecule has 0 aliphatic heterocycles. The number of ether oxygens (including phenoxy) is 3. The Balaban J connectivity index is 4.19. The van der Waals surface area contributed by atoms with Crippen molar-refractivity contribution in [2.45, 2.75) is 290 Å². The first-order chi connectivity index (χ1) is 36.5. The molecule has 0 spiro atoms. The van der Waals surface area contributed by atoms with Crippen LogP contribution in [0, 0.1) is 0 Å². The van der Waals surface area contributed by atoms with Crippen molar-refractivity contribution in [1.82, 2.24) is 0 Å². The smallest absolute Gasteiger partial charge is 0.306 e. The molecule has 0 aromatic heterocycles. The number of hydrogen-bond donors (Lipinski definition) is 0. The third-order valence-corrected chi connectivity index (χ3v) is 13.0. The molecule has 0 saturated carbocycles. The molecule has 0 aromatic carbocycles. The third-order valence-electron chi connectivity index (χ3n) is 13.0. The highest BCUT2D eigenvalue weighted by Gasteiger charge is 2.19. The Morgan fingerprint density at radius 2 is 0.554 bits per heavy atom. The van der Waals surface area contributed by atoms with Gasteiger partial charge in [0.1, 0.15) is 13.2 Å². The second kappa shape index (κ2) is 61.6. The zero-order valence-electron chi connectivity index (χ0n) is 48.3. The maximum Gasteiger partial charge on any atom is 0.306 e. The molecule has 0 aliphatic carbocycles. The average Bonchev–Trinajstić information content (AvgIpc) is 3.40. The molecule has 0 amide bonds. The van der Waals surface area contributed by atoms with Crippen LogP contribution < -0.4 is 0 Å². The van der Waals surface area contributed by atoms with E-state index in [-0.39, 0.29) is 31.1 Å². The van der Waals surface area contributed by atoms with E-state index < -0.39 is 6.10 Å². The zero-order chi connectivity index (χ0) is 53.6. The van der Waals surface area contributed by atoms with E-state index in [1.54, 1.807) is 0 Å². The second-order valence-electron chi connectivity index (χ2n) is 20.2. The summed E-state index contributed by atoms with van der Waals surface area (Å²) in [7, 11) is 0. The lowest BCUT2D eigenvalue weighted by Gasteiger charge is -2.18. The molecule has 0 N–H and O–H groups in total. The predicted octanol–water partition coefficient (Wildman–Crippen LogP) is 21.0. The van der Waals surface area contributed by atoms with Gasteiger partial charge in [-0.3, -0.25) is 14.4 Å². The van der Waals surface area contributed by atoms with Crippen LogP contribution >= 0.6 is 0 Å². The fourth-order valence-corrected chi connectivity index (χ4v) is 8.36. The average molecular weight is 1030 g/mol. The van der Waals surface area contributed by atoms with Gasteiger partial charge in [0.2, 0.25) is 0 Å². The summed E-state index contributed by atoms with van der Waals surface area (Å²) in [6, 6.07) is 0. The third kappa shape index (κ3) is 59.0. The van der Waals surface area contributed by atoms with E-state index in [9.17, 15) is 14.4 Å². The quantitative estimate of drug-likeness (QED) is 0.0261. The highest BCUT2D eigenvalue weighted by molar-refractivity contribution is 5.71. The highest BCUT2D eigenvalue weighted by atomic mass is 16.6. The monoisotopic (exact) mass is 1030 g/mol. The first-order valence-corrected chi connectivity index (χ1v) is 30.9. The number of carbonyl (C=O) groups excluding carboxylic acids is 3. The van der Waals surface area contributed by atoms with E-state index in [1.807, 2.05) is 0 Å². The standard InChI is InChI=1S/C68H114O6/c1-4-7-10-13-16-19-22-24-26-27-28-29-30-31-32-33-34-35-36-37-38-39-40-41-43-44-46-49-52-55-58-61-67(70)73-64-65(63-72-66(69)60-57-54-51-48-21-18-15-12-9-6-3)74-68(71)62-59-56-53-50-47-45-42-25-23-20-17-14-11-8-5-2/h7,10,12,15-17,19-20,24-26,28-29,31-32,34-35,42,65H,4-6,8-9,11,13-14,18,21-23,27,30,33,36-41,43-64H2,1-3H3/b10-7-,15-12-,19-16-,20-17-,26-24-,29-28-,32-31-,35-34-,42-25-. The van der Waals surface area contributed by atoms with E-state index in [0.717, 1.165) is 141 Å². The molecule has 0 aliphatic rings. The highest BCUT2D eigenvalue weighted by Crippen LogP contribution is 2.15. The first kappa shape index (κ1) is 70.1. The van der Waals surface area contributed by atoms with E-state index in [2.05, 4.69) is 130 Å². The van der Waals surface area contributed by atoms with Crippen LogP contribution in [0.2, 0.25) is 0 Å². The molecule has 1 atom stereocenters. The van der Waals surface area contributed by atoms with Crippen molar-refractivity contribution in [3.05, 3.63) is 109 Å². The summed E-state index contributed by atoms with van der Waals surface area (Å²) in [5, 5.41) is 0. The summed E-state index contributed by atoms with van der Waals surface area (Å²) in [4.78, 5) is 38.1. The normalized spacial score (nSPS) is 12.9. The Labute approximate surface area is 457 Å². The Morgan fingerprint density at radius 3 is 0.892 bits per heavy atom. The lowest BCUT2D eigenvalue weighted by molar-refractivity contribution is -0.167. The minimum atomic E-state index is -0.789. The minimum absolute atomic E-state index is 0.0871. The van der Waals surface area contributed by atoms with Crippen LogP contribution in [-0.4, -0.2) is 37.2 Å². The Bertz CT molecular complexity index is 1510. The van der Waals surface area contributed by atoms with Crippen LogP contribution in [0.3, 0.4) is 0 Å². The lowest BCUT2D eigenvalue weighted by Crippen LogP contribution is -2.30. The van der Waals surface area contributed by atoms with Gasteiger partial charge in [-0.15, -0.1) is 0 Å². The molecular formula is C68H114O6. The van der Waals surface area contributed by atoms with Gasteiger partial charge in [0.25, 0.3) is 0 Å². The molecule has 0 radical (unpaired) electrons. The second-order valence-corrected chi connectivity index (χ2v) is 20.2. The number of unbranched alkanes of at least 4 members (excludes halogenated alkanes) is 26. The van der Waals surface area contributed by atoms with Gasteiger partial charge in [-0.1, -0.05) is 252 Å². The van der Waals surface area contributed by atoms with Gasteiger partial charge in [0.05, 0.1) is 0 Å². The van der Waals surface area contributed by atoms with Crippen molar-refractivity contribution >= 4 is 17.9 Å². The van der Waals surface area contributed by atoms with Crippen molar-refractivity contribution in [3.63, 3.8) is 0 Å². The Hall–Kier alpha value is -3.93. The van der Waals surface area contributed by atoms with Gasteiger partial charge in [-0.2, -0.15) is 0 Å². The number of carbonyl (C=O) groups is 3. The number of allylic oxidation sites excluding steroid dienone is 18. The molecule has 0 aromatic rings. The van der Waals surface area contributed by atoms with Crippen LogP contribution in [0.4, 0.5) is 0 Å². The molecule has 0 bridgehead atoms. The molecule has 6 heteroatoms. The minimum Gasteiger partial charge on any atom is -0.462 e. The molecule has 74 heavy (non-hydrogen) atoms. The largest absolute Gasteiger partial charge is 0.462 e. The maximum absolute atomic E-state index is 12.8. The van der Waals surface area contributed by atoms with Crippen molar-refractivity contribution in [1.29, 1.82) is 0 Å². The summed E-state index contributed by atoms with van der Waals surface area (Å²) in [5.41, 5.74) is 0. The van der Waals surface area contributed by atoms with Crippen molar-refractivity contribution in [2.75, 3.05) is 13.2 Å². The molecule has 0 heterocycles. The molecule has 0 saturated heterocycles. The number of hydrogen-bond acceptors (Lipinski definition) is 6. The van der Waals surface area contributed by atoms with Gasteiger partial charge in [-0.25, -0.2) is 0 Å². The van der Waals surface area contributed by atoms with Crippen LogP contribution in [0.25, 0.3) is 0 Å². The van der Waals surface area contributed by atoms with Crippen LogP contribution in [0.15, 0.2) is 109 Å². The summed E-state index contributed by atoms with van der Waals surface area (Å²) in [6.45, 7) is 6.42. The van der Waals surface area contributed by atoms with E-state index in [4.69, 9.17) is 14.2 Å². The van der Waals surface area contributed by atoms with Gasteiger partial charge in [0, 0.05) is 19.3 Å².